The summed E-state index contributed by atoms with van der Waals surface area (Å²) in [5.74, 6) is 0.0565. The van der Waals surface area contributed by atoms with Crippen LogP contribution in [0.15, 0.2) is 30.5 Å². The molecule has 0 saturated heterocycles. The first-order valence-corrected chi connectivity index (χ1v) is 6.51. The van der Waals surface area contributed by atoms with Crippen LogP contribution in [0.25, 0.3) is 0 Å². The van der Waals surface area contributed by atoms with E-state index in [-0.39, 0.29) is 18.1 Å². The summed E-state index contributed by atoms with van der Waals surface area (Å²) in [5.41, 5.74) is 2.56. The van der Waals surface area contributed by atoms with Crippen molar-refractivity contribution in [1.82, 2.24) is 4.98 Å². The van der Waals surface area contributed by atoms with E-state index in [0.29, 0.717) is 11.3 Å². The number of aromatic nitrogens is 1. The van der Waals surface area contributed by atoms with Crippen LogP contribution in [0, 0.1) is 6.92 Å². The topological polar surface area (TPSA) is 68.4 Å². The summed E-state index contributed by atoms with van der Waals surface area (Å²) in [4.78, 5) is 25.9. The number of aromatic amines is 1. The first kappa shape index (κ1) is 14.8. The maximum absolute atomic E-state index is 11.9. The van der Waals surface area contributed by atoms with E-state index in [0.717, 1.165) is 11.1 Å². The molecule has 0 fully saturated rings. The lowest BCUT2D eigenvalue weighted by molar-refractivity contribution is 0.0464. The fourth-order valence-electron chi connectivity index (χ4n) is 1.96. The molecular formula is C16H17NO4. The van der Waals surface area contributed by atoms with Crippen LogP contribution in [0.5, 0.6) is 5.75 Å². The molecule has 0 saturated carbocycles. The van der Waals surface area contributed by atoms with Crippen molar-refractivity contribution in [1.29, 1.82) is 0 Å². The number of hydrogen-bond acceptors (Lipinski definition) is 4. The number of carbonyl (C=O) groups excluding carboxylic acids is 2. The summed E-state index contributed by atoms with van der Waals surface area (Å²) in [6, 6.07) is 7.15. The zero-order valence-corrected chi connectivity index (χ0v) is 12.2. The molecule has 1 aromatic carbocycles. The number of Topliss-reactive ketones (excluding diaryl/α,β-unsaturated/α-hetero) is 1. The molecule has 0 atom stereocenters. The number of ether oxygens (including phenoxy) is 2. The molecule has 0 aliphatic rings. The number of benzene rings is 1. The van der Waals surface area contributed by atoms with E-state index in [2.05, 4.69) is 4.98 Å². The molecular weight excluding hydrogens is 270 g/mol. The summed E-state index contributed by atoms with van der Waals surface area (Å²) in [6.07, 6.45) is 1.49. The van der Waals surface area contributed by atoms with Crippen molar-refractivity contribution >= 4 is 11.8 Å². The SMILES string of the molecule is COc1ccc(C)cc1COC(=O)c1cc(C(C)=O)c[nH]1. The molecule has 1 aromatic heterocycles. The van der Waals surface area contributed by atoms with E-state index >= 15 is 0 Å². The number of ketones is 1. The number of nitrogens with one attached hydrogen (secondary N) is 1. The second-order valence-electron chi connectivity index (χ2n) is 4.75. The molecule has 0 bridgehead atoms. The van der Waals surface area contributed by atoms with Gasteiger partial charge in [0.2, 0.25) is 0 Å². The maximum Gasteiger partial charge on any atom is 0.355 e. The third-order valence-electron chi connectivity index (χ3n) is 3.10. The van der Waals surface area contributed by atoms with E-state index in [1.54, 1.807) is 7.11 Å². The second kappa shape index (κ2) is 6.26. The van der Waals surface area contributed by atoms with Crippen LogP contribution >= 0.6 is 0 Å². The Hall–Kier alpha value is -2.56. The smallest absolute Gasteiger partial charge is 0.355 e. The van der Waals surface area contributed by atoms with Crippen LogP contribution in [-0.4, -0.2) is 23.8 Å². The van der Waals surface area contributed by atoms with Gasteiger partial charge in [-0.15, -0.1) is 0 Å². The minimum absolute atomic E-state index is 0.106. The minimum atomic E-state index is -0.508. The van der Waals surface area contributed by atoms with Crippen molar-refractivity contribution in [3.63, 3.8) is 0 Å². The molecule has 110 valence electrons. The van der Waals surface area contributed by atoms with Gasteiger partial charge in [0.1, 0.15) is 18.1 Å². The lowest BCUT2D eigenvalue weighted by atomic mass is 10.1. The van der Waals surface area contributed by atoms with Gasteiger partial charge in [-0.3, -0.25) is 4.79 Å². The van der Waals surface area contributed by atoms with Gasteiger partial charge in [-0.1, -0.05) is 11.6 Å². The lowest BCUT2D eigenvalue weighted by Crippen LogP contribution is -2.06. The van der Waals surface area contributed by atoms with Crippen molar-refractivity contribution in [2.24, 2.45) is 0 Å². The van der Waals surface area contributed by atoms with E-state index in [4.69, 9.17) is 9.47 Å². The van der Waals surface area contributed by atoms with E-state index in [1.807, 2.05) is 25.1 Å². The Morgan fingerprint density at radius 2 is 2.00 bits per heavy atom. The van der Waals surface area contributed by atoms with Crippen LogP contribution in [0.4, 0.5) is 0 Å². The number of aryl methyl sites for hydroxylation is 1. The monoisotopic (exact) mass is 287 g/mol. The van der Waals surface area contributed by atoms with Crippen molar-refractivity contribution in [3.8, 4) is 5.75 Å². The molecule has 0 radical (unpaired) electrons. The van der Waals surface area contributed by atoms with Gasteiger partial charge in [0.25, 0.3) is 0 Å². The summed E-state index contributed by atoms with van der Waals surface area (Å²) in [6.45, 7) is 3.50. The number of esters is 1. The van der Waals surface area contributed by atoms with Crippen molar-refractivity contribution < 1.29 is 19.1 Å². The van der Waals surface area contributed by atoms with Gasteiger partial charge in [-0.05, 0) is 32.0 Å². The minimum Gasteiger partial charge on any atom is -0.496 e. The standard InChI is InChI=1S/C16H17NO4/c1-10-4-5-15(20-3)13(6-10)9-21-16(19)14-7-12(8-17-14)11(2)18/h4-8,17H,9H2,1-3H3. The fourth-order valence-corrected chi connectivity index (χ4v) is 1.96. The maximum atomic E-state index is 11.9. The van der Waals surface area contributed by atoms with Crippen molar-refractivity contribution in [3.05, 3.63) is 52.8 Å². The van der Waals surface area contributed by atoms with E-state index in [1.165, 1.54) is 19.2 Å². The Kier molecular flexibility index (Phi) is 4.42. The summed E-state index contributed by atoms with van der Waals surface area (Å²) in [7, 11) is 1.57. The molecule has 0 amide bonds. The number of hydrogen-bond donors (Lipinski definition) is 1. The molecule has 1 heterocycles. The molecule has 2 aromatic rings. The van der Waals surface area contributed by atoms with Gasteiger partial charge < -0.3 is 14.5 Å². The molecule has 5 heteroatoms. The quantitative estimate of drug-likeness (QED) is 0.678. The zero-order valence-electron chi connectivity index (χ0n) is 12.2. The molecule has 5 nitrogen and oxygen atoms in total. The van der Waals surface area contributed by atoms with Gasteiger partial charge in [0.05, 0.1) is 7.11 Å². The summed E-state index contributed by atoms with van der Waals surface area (Å²) < 4.78 is 10.5. The van der Waals surface area contributed by atoms with Gasteiger partial charge in [-0.2, -0.15) is 0 Å². The molecule has 0 spiro atoms. The predicted octanol–water partition coefficient (Wildman–Crippen LogP) is 2.89. The normalized spacial score (nSPS) is 10.2. The van der Waals surface area contributed by atoms with Crippen LogP contribution < -0.4 is 4.74 Å². The van der Waals surface area contributed by atoms with Gasteiger partial charge in [0, 0.05) is 17.3 Å². The molecule has 2 rings (SSSR count). The lowest BCUT2D eigenvalue weighted by Gasteiger charge is -2.09. The number of H-pyrrole nitrogens is 1. The molecule has 0 aliphatic heterocycles. The Bertz CT molecular complexity index is 673. The third kappa shape index (κ3) is 3.51. The van der Waals surface area contributed by atoms with E-state index in [9.17, 15) is 9.59 Å². The van der Waals surface area contributed by atoms with Crippen LogP contribution in [0.3, 0.4) is 0 Å². The Balaban J connectivity index is 2.07. The first-order chi connectivity index (χ1) is 10.0. The van der Waals surface area contributed by atoms with Gasteiger partial charge >= 0.3 is 5.97 Å². The number of carbonyl (C=O) groups is 2. The summed E-state index contributed by atoms with van der Waals surface area (Å²) in [5, 5.41) is 0. The third-order valence-corrected chi connectivity index (χ3v) is 3.10. The van der Waals surface area contributed by atoms with Crippen LogP contribution in [0.1, 0.15) is 38.9 Å². The van der Waals surface area contributed by atoms with Crippen molar-refractivity contribution in [2.45, 2.75) is 20.5 Å². The average molecular weight is 287 g/mol. The zero-order chi connectivity index (χ0) is 15.4. The molecule has 1 N–H and O–H groups in total. The highest BCUT2D eigenvalue weighted by atomic mass is 16.5. The largest absolute Gasteiger partial charge is 0.496 e. The predicted molar refractivity (Wildman–Crippen MR) is 77.6 cm³/mol. The second-order valence-corrected chi connectivity index (χ2v) is 4.75. The number of methoxy groups -OCH3 is 1. The molecule has 0 aliphatic carbocycles. The highest BCUT2D eigenvalue weighted by Crippen LogP contribution is 2.21. The highest BCUT2D eigenvalue weighted by Gasteiger charge is 2.13. The van der Waals surface area contributed by atoms with Crippen molar-refractivity contribution in [2.75, 3.05) is 7.11 Å². The Morgan fingerprint density at radius 1 is 1.24 bits per heavy atom. The molecule has 21 heavy (non-hydrogen) atoms. The Labute approximate surface area is 122 Å². The summed E-state index contributed by atoms with van der Waals surface area (Å²) >= 11 is 0. The average Bonchev–Trinajstić information content (AvgIpc) is 2.95. The molecule has 0 unspecified atom stereocenters. The van der Waals surface area contributed by atoms with Gasteiger partial charge in [-0.25, -0.2) is 4.79 Å². The van der Waals surface area contributed by atoms with Gasteiger partial charge in [0.15, 0.2) is 5.78 Å². The van der Waals surface area contributed by atoms with Crippen LogP contribution in [-0.2, 0) is 11.3 Å². The highest BCUT2D eigenvalue weighted by molar-refractivity contribution is 5.97. The number of rotatable bonds is 5. The Morgan fingerprint density at radius 3 is 2.62 bits per heavy atom. The fraction of sp³-hybridized carbons (Fsp3) is 0.250. The van der Waals surface area contributed by atoms with Crippen LogP contribution in [0.2, 0.25) is 0 Å². The first-order valence-electron chi connectivity index (χ1n) is 6.51. The van der Waals surface area contributed by atoms with E-state index < -0.39 is 5.97 Å².